The Morgan fingerprint density at radius 3 is 2.41 bits per heavy atom. The molecule has 146 valence electrons. The summed E-state index contributed by atoms with van der Waals surface area (Å²) in [7, 11) is -3.32. The lowest BCUT2D eigenvalue weighted by Gasteiger charge is -2.20. The van der Waals surface area contributed by atoms with Crippen molar-refractivity contribution in [2.75, 3.05) is 6.26 Å². The molecular weight excluding hydrogens is 432 g/mol. The van der Waals surface area contributed by atoms with E-state index in [0.29, 0.717) is 21.3 Å². The molecule has 2 aromatic carbocycles. The van der Waals surface area contributed by atoms with E-state index >= 15 is 0 Å². The number of carbonyl (C=O) groups is 1. The topological polar surface area (TPSA) is 69.7 Å². The maximum absolute atomic E-state index is 12.1. The van der Waals surface area contributed by atoms with Gasteiger partial charge >= 0.3 is 5.97 Å². The Morgan fingerprint density at radius 2 is 1.78 bits per heavy atom. The van der Waals surface area contributed by atoms with Crippen LogP contribution in [-0.2, 0) is 32.4 Å². The molecule has 0 fully saturated rings. The predicted molar refractivity (Wildman–Crippen MR) is 108 cm³/mol. The standard InChI is InChI=1S/C20H23BrO5S/c1-20(2,3)26-19(22)11-15-7-5-6-8-18(15)25-13-14-9-16(21)12-17(10-14)27(4,23)24/h5-10,12H,11,13H2,1-4H3. The molecule has 0 amide bonds. The van der Waals surface area contributed by atoms with Crippen molar-refractivity contribution in [1.82, 2.24) is 0 Å². The van der Waals surface area contributed by atoms with E-state index in [9.17, 15) is 13.2 Å². The van der Waals surface area contributed by atoms with Gasteiger partial charge in [-0.2, -0.15) is 0 Å². The number of benzene rings is 2. The summed E-state index contributed by atoms with van der Waals surface area (Å²) < 4.78 is 35.4. The fourth-order valence-electron chi connectivity index (χ4n) is 2.40. The number of sulfone groups is 1. The molecule has 0 unspecified atom stereocenters. The van der Waals surface area contributed by atoms with Crippen molar-refractivity contribution < 1.29 is 22.7 Å². The molecule has 0 saturated carbocycles. The van der Waals surface area contributed by atoms with Crippen molar-refractivity contribution in [2.24, 2.45) is 0 Å². The number of ether oxygens (including phenoxy) is 2. The van der Waals surface area contributed by atoms with Crippen LogP contribution in [0.4, 0.5) is 0 Å². The first-order valence-corrected chi connectivity index (χ1v) is 11.0. The number of esters is 1. The Hall–Kier alpha value is -1.86. The van der Waals surface area contributed by atoms with Crippen molar-refractivity contribution in [3.8, 4) is 5.75 Å². The van der Waals surface area contributed by atoms with Gasteiger partial charge in [0.2, 0.25) is 0 Å². The first-order valence-electron chi connectivity index (χ1n) is 8.36. The van der Waals surface area contributed by atoms with Gasteiger partial charge < -0.3 is 9.47 Å². The van der Waals surface area contributed by atoms with Gasteiger partial charge in [-0.3, -0.25) is 4.79 Å². The minimum absolute atomic E-state index is 0.0977. The molecule has 0 saturated heterocycles. The van der Waals surface area contributed by atoms with Crippen LogP contribution in [0.2, 0.25) is 0 Å². The molecule has 0 bridgehead atoms. The van der Waals surface area contributed by atoms with E-state index in [1.165, 1.54) is 0 Å². The Balaban J connectivity index is 2.15. The highest BCUT2D eigenvalue weighted by Gasteiger charge is 2.18. The van der Waals surface area contributed by atoms with Crippen LogP contribution in [0.3, 0.4) is 0 Å². The largest absolute Gasteiger partial charge is 0.489 e. The molecule has 0 aliphatic carbocycles. The second-order valence-electron chi connectivity index (χ2n) is 7.23. The minimum Gasteiger partial charge on any atom is -0.489 e. The average molecular weight is 455 g/mol. The summed E-state index contributed by atoms with van der Waals surface area (Å²) in [5.74, 6) is 0.226. The Kier molecular flexibility index (Phi) is 6.70. The number of rotatable bonds is 6. The van der Waals surface area contributed by atoms with Crippen LogP contribution in [0.25, 0.3) is 0 Å². The smallest absolute Gasteiger partial charge is 0.310 e. The van der Waals surface area contributed by atoms with E-state index in [4.69, 9.17) is 9.47 Å². The summed E-state index contributed by atoms with van der Waals surface area (Å²) in [4.78, 5) is 12.3. The van der Waals surface area contributed by atoms with Crippen LogP contribution in [0.1, 0.15) is 31.9 Å². The average Bonchev–Trinajstić information content (AvgIpc) is 2.51. The van der Waals surface area contributed by atoms with Gasteiger partial charge in [0.15, 0.2) is 9.84 Å². The van der Waals surface area contributed by atoms with E-state index in [1.54, 1.807) is 24.3 Å². The Labute approximate surface area is 168 Å². The zero-order valence-corrected chi connectivity index (χ0v) is 18.2. The molecule has 5 nitrogen and oxygen atoms in total. The van der Waals surface area contributed by atoms with Crippen molar-refractivity contribution in [1.29, 1.82) is 0 Å². The van der Waals surface area contributed by atoms with Crippen LogP contribution in [0.15, 0.2) is 51.8 Å². The highest BCUT2D eigenvalue weighted by atomic mass is 79.9. The van der Waals surface area contributed by atoms with Crippen LogP contribution in [0.5, 0.6) is 5.75 Å². The summed E-state index contributed by atoms with van der Waals surface area (Å²) in [6.45, 7) is 5.63. The molecule has 0 heterocycles. The van der Waals surface area contributed by atoms with Crippen molar-refractivity contribution in [3.05, 3.63) is 58.1 Å². The monoisotopic (exact) mass is 454 g/mol. The second kappa shape index (κ2) is 8.44. The lowest BCUT2D eigenvalue weighted by Crippen LogP contribution is -2.25. The first kappa shape index (κ1) is 21.4. The number of hydrogen-bond donors (Lipinski definition) is 0. The SMILES string of the molecule is CC(C)(C)OC(=O)Cc1ccccc1OCc1cc(Br)cc(S(C)(=O)=O)c1. The lowest BCUT2D eigenvalue weighted by atomic mass is 10.1. The van der Waals surface area contributed by atoms with Gasteiger partial charge in [-0.25, -0.2) is 8.42 Å². The number of halogens is 1. The Bertz CT molecular complexity index is 930. The van der Waals surface area contributed by atoms with Crippen molar-refractivity contribution in [3.63, 3.8) is 0 Å². The maximum Gasteiger partial charge on any atom is 0.310 e. The first-order chi connectivity index (χ1) is 12.4. The molecule has 0 atom stereocenters. The van der Waals surface area contributed by atoms with Gasteiger partial charge in [-0.05, 0) is 50.6 Å². The second-order valence-corrected chi connectivity index (χ2v) is 10.2. The number of hydrogen-bond acceptors (Lipinski definition) is 5. The number of para-hydroxylation sites is 1. The molecule has 7 heteroatoms. The summed E-state index contributed by atoms with van der Waals surface area (Å²) in [6, 6.07) is 12.2. The molecule has 27 heavy (non-hydrogen) atoms. The molecule has 2 aromatic rings. The quantitative estimate of drug-likeness (QED) is 0.607. The molecule has 0 aromatic heterocycles. The van der Waals surface area contributed by atoms with Crippen molar-refractivity contribution in [2.45, 2.75) is 44.3 Å². The van der Waals surface area contributed by atoms with E-state index < -0.39 is 15.4 Å². The fourth-order valence-corrected chi connectivity index (χ4v) is 3.80. The minimum atomic E-state index is -3.32. The number of carbonyl (C=O) groups excluding carboxylic acids is 1. The Morgan fingerprint density at radius 1 is 1.11 bits per heavy atom. The van der Waals surface area contributed by atoms with Gasteiger partial charge in [-0.1, -0.05) is 34.1 Å². The lowest BCUT2D eigenvalue weighted by molar-refractivity contribution is -0.153. The third-order valence-electron chi connectivity index (χ3n) is 3.48. The summed E-state index contributed by atoms with van der Waals surface area (Å²) in [5.41, 5.74) is 0.868. The molecular formula is C20H23BrO5S. The predicted octanol–water partition coefficient (Wildman–Crippen LogP) is 4.32. The summed E-state index contributed by atoms with van der Waals surface area (Å²) in [5, 5.41) is 0. The summed E-state index contributed by atoms with van der Waals surface area (Å²) >= 11 is 3.33. The molecule has 0 radical (unpaired) electrons. The maximum atomic E-state index is 12.1. The van der Waals surface area contributed by atoms with Crippen LogP contribution < -0.4 is 4.74 Å². The highest BCUT2D eigenvalue weighted by molar-refractivity contribution is 9.10. The van der Waals surface area contributed by atoms with E-state index in [0.717, 1.165) is 6.26 Å². The molecule has 0 spiro atoms. The molecule has 0 aliphatic rings. The molecule has 2 rings (SSSR count). The normalized spacial score (nSPS) is 11.9. The molecule has 0 aliphatic heterocycles. The molecule has 0 N–H and O–H groups in total. The van der Waals surface area contributed by atoms with Crippen LogP contribution in [0, 0.1) is 0 Å². The fraction of sp³-hybridized carbons (Fsp3) is 0.350. The van der Waals surface area contributed by atoms with Gasteiger partial charge in [0, 0.05) is 16.3 Å². The van der Waals surface area contributed by atoms with Gasteiger partial charge in [0.05, 0.1) is 11.3 Å². The van der Waals surface area contributed by atoms with Gasteiger partial charge in [-0.15, -0.1) is 0 Å². The van der Waals surface area contributed by atoms with E-state index in [1.807, 2.05) is 39.0 Å². The van der Waals surface area contributed by atoms with E-state index in [2.05, 4.69) is 15.9 Å². The zero-order valence-electron chi connectivity index (χ0n) is 15.8. The van der Waals surface area contributed by atoms with Gasteiger partial charge in [0.25, 0.3) is 0 Å². The van der Waals surface area contributed by atoms with E-state index in [-0.39, 0.29) is 23.9 Å². The highest BCUT2D eigenvalue weighted by Crippen LogP contribution is 2.24. The summed E-state index contributed by atoms with van der Waals surface area (Å²) in [6.07, 6.45) is 1.26. The van der Waals surface area contributed by atoms with Crippen molar-refractivity contribution >= 4 is 31.7 Å². The van der Waals surface area contributed by atoms with Gasteiger partial charge in [0.1, 0.15) is 18.0 Å². The zero-order chi connectivity index (χ0) is 20.2. The third-order valence-corrected chi connectivity index (χ3v) is 5.03. The van der Waals surface area contributed by atoms with Crippen LogP contribution in [-0.4, -0.2) is 26.2 Å². The van der Waals surface area contributed by atoms with Crippen LogP contribution >= 0.6 is 15.9 Å². The third kappa shape index (κ3) is 6.99.